The summed E-state index contributed by atoms with van der Waals surface area (Å²) in [7, 11) is 0. The van der Waals surface area contributed by atoms with E-state index in [1.807, 2.05) is 6.92 Å². The summed E-state index contributed by atoms with van der Waals surface area (Å²) < 4.78 is 5.39. The van der Waals surface area contributed by atoms with Gasteiger partial charge in [-0.25, -0.2) is 4.90 Å². The van der Waals surface area contributed by atoms with Gasteiger partial charge in [-0.3, -0.25) is 14.4 Å². The predicted molar refractivity (Wildman–Crippen MR) is 132 cm³/mol. The van der Waals surface area contributed by atoms with Crippen molar-refractivity contribution in [1.82, 2.24) is 0 Å². The lowest BCUT2D eigenvalue weighted by molar-refractivity contribution is -0.120. The molecule has 1 heterocycles. The van der Waals surface area contributed by atoms with Crippen LogP contribution in [0.5, 0.6) is 5.75 Å². The van der Waals surface area contributed by atoms with E-state index >= 15 is 0 Å². The van der Waals surface area contributed by atoms with Crippen LogP contribution >= 0.6 is 23.2 Å². The maximum atomic E-state index is 12.9. The summed E-state index contributed by atoms with van der Waals surface area (Å²) in [6.07, 6.45) is 0. The van der Waals surface area contributed by atoms with E-state index in [1.54, 1.807) is 72.8 Å². The molecule has 3 aromatic rings. The van der Waals surface area contributed by atoms with Gasteiger partial charge in [0.2, 0.25) is 0 Å². The molecule has 172 valence electrons. The van der Waals surface area contributed by atoms with Crippen LogP contribution < -0.4 is 20.3 Å². The van der Waals surface area contributed by atoms with Gasteiger partial charge in [-0.2, -0.15) is 0 Å². The van der Waals surface area contributed by atoms with Crippen molar-refractivity contribution >= 4 is 58.0 Å². The van der Waals surface area contributed by atoms with Crippen LogP contribution in [0.25, 0.3) is 0 Å². The number of hydrogen-bond acceptors (Lipinski definition) is 5. The van der Waals surface area contributed by atoms with Crippen molar-refractivity contribution in [3.05, 3.63) is 94.1 Å². The molecule has 2 N–H and O–H groups in total. The number of imide groups is 1. The molecule has 0 bridgehead atoms. The van der Waals surface area contributed by atoms with E-state index in [-0.39, 0.29) is 16.6 Å². The second kappa shape index (κ2) is 9.99. The number of rotatable bonds is 7. The van der Waals surface area contributed by atoms with E-state index < -0.39 is 11.8 Å². The molecule has 0 saturated carbocycles. The lowest BCUT2D eigenvalue weighted by Gasteiger charge is -2.15. The second-order valence-electron chi connectivity index (χ2n) is 7.23. The minimum Gasteiger partial charge on any atom is -0.494 e. The molecule has 0 atom stereocenters. The Labute approximate surface area is 205 Å². The molecule has 0 aromatic heterocycles. The molecule has 0 spiro atoms. The van der Waals surface area contributed by atoms with Gasteiger partial charge in [-0.1, -0.05) is 29.3 Å². The fraction of sp³-hybridized carbons (Fsp3) is 0.0800. The second-order valence-corrected chi connectivity index (χ2v) is 8.04. The van der Waals surface area contributed by atoms with E-state index in [0.29, 0.717) is 40.0 Å². The maximum absolute atomic E-state index is 12.9. The van der Waals surface area contributed by atoms with Crippen LogP contribution in [-0.2, 0) is 9.59 Å². The van der Waals surface area contributed by atoms with Gasteiger partial charge in [0.05, 0.1) is 12.3 Å². The van der Waals surface area contributed by atoms with E-state index in [2.05, 4.69) is 10.6 Å². The minimum absolute atomic E-state index is 0.0447. The van der Waals surface area contributed by atoms with Crippen LogP contribution in [0.15, 0.2) is 83.5 Å². The van der Waals surface area contributed by atoms with Gasteiger partial charge in [-0.05, 0) is 73.7 Å². The number of amides is 3. The van der Waals surface area contributed by atoms with E-state index in [4.69, 9.17) is 27.9 Å². The highest BCUT2D eigenvalue weighted by Crippen LogP contribution is 2.31. The molecule has 4 rings (SSSR count). The topological polar surface area (TPSA) is 87.7 Å². The molecule has 3 amide bonds. The van der Waals surface area contributed by atoms with Crippen molar-refractivity contribution in [3.63, 3.8) is 0 Å². The Bertz CT molecular complexity index is 1290. The zero-order valence-corrected chi connectivity index (χ0v) is 19.5. The first-order valence-corrected chi connectivity index (χ1v) is 11.1. The fourth-order valence-corrected chi connectivity index (χ4v) is 3.73. The molecule has 7 nitrogen and oxygen atoms in total. The first-order chi connectivity index (χ1) is 16.4. The van der Waals surface area contributed by atoms with Crippen molar-refractivity contribution in [2.75, 3.05) is 22.1 Å². The summed E-state index contributed by atoms with van der Waals surface area (Å²) in [5.74, 6) is -0.903. The molecule has 1 aliphatic heterocycles. The zero-order chi connectivity index (χ0) is 24.2. The third kappa shape index (κ3) is 4.90. The smallest absolute Gasteiger partial charge is 0.283 e. The van der Waals surface area contributed by atoms with Crippen LogP contribution in [0.2, 0.25) is 5.02 Å². The summed E-state index contributed by atoms with van der Waals surface area (Å²) in [6.45, 7) is 2.37. The molecule has 0 unspecified atom stereocenters. The highest BCUT2D eigenvalue weighted by Gasteiger charge is 2.39. The summed E-state index contributed by atoms with van der Waals surface area (Å²) in [5.41, 5.74) is 1.79. The molecular formula is C25H19Cl2N3O4. The van der Waals surface area contributed by atoms with E-state index in [1.165, 1.54) is 0 Å². The lowest BCUT2D eigenvalue weighted by Crippen LogP contribution is -2.32. The summed E-state index contributed by atoms with van der Waals surface area (Å²) >= 11 is 12.1. The van der Waals surface area contributed by atoms with Gasteiger partial charge in [0.15, 0.2) is 0 Å². The summed E-state index contributed by atoms with van der Waals surface area (Å²) in [4.78, 5) is 39.1. The molecule has 0 saturated heterocycles. The van der Waals surface area contributed by atoms with Crippen molar-refractivity contribution in [1.29, 1.82) is 0 Å². The quantitative estimate of drug-likeness (QED) is 0.426. The standard InChI is InChI=1S/C25H19Cl2N3O4/c1-2-34-20-12-10-19(11-13-20)30-24(32)21(27)22(25(30)33)28-17-8-6-15(7-9-17)23(31)29-18-5-3-4-16(26)14-18/h3-14,28H,2H2,1H3,(H,29,31). The maximum Gasteiger partial charge on any atom is 0.283 e. The molecule has 1 aliphatic rings. The average Bonchev–Trinajstić information content (AvgIpc) is 3.03. The van der Waals surface area contributed by atoms with Gasteiger partial charge in [0.25, 0.3) is 17.7 Å². The molecular weight excluding hydrogens is 477 g/mol. The van der Waals surface area contributed by atoms with Gasteiger partial charge >= 0.3 is 0 Å². The molecule has 34 heavy (non-hydrogen) atoms. The molecule has 9 heteroatoms. The Kier molecular flexibility index (Phi) is 6.86. The molecule has 0 radical (unpaired) electrons. The number of anilines is 3. The van der Waals surface area contributed by atoms with Gasteiger partial charge in [-0.15, -0.1) is 0 Å². The normalized spacial score (nSPS) is 13.3. The average molecular weight is 496 g/mol. The number of carbonyl (C=O) groups is 3. The Morgan fingerprint density at radius 2 is 1.62 bits per heavy atom. The number of nitrogens with one attached hydrogen (secondary N) is 2. The van der Waals surface area contributed by atoms with Crippen LogP contribution in [0, 0.1) is 0 Å². The Morgan fingerprint density at radius 1 is 0.912 bits per heavy atom. The molecule has 3 aromatic carbocycles. The Balaban J connectivity index is 1.46. The van der Waals surface area contributed by atoms with Gasteiger partial charge < -0.3 is 15.4 Å². The van der Waals surface area contributed by atoms with Crippen LogP contribution in [0.3, 0.4) is 0 Å². The first-order valence-electron chi connectivity index (χ1n) is 10.3. The summed E-state index contributed by atoms with van der Waals surface area (Å²) in [5, 5.41) is 5.94. The van der Waals surface area contributed by atoms with E-state index in [9.17, 15) is 14.4 Å². The first kappa shape index (κ1) is 23.4. The molecule has 0 aliphatic carbocycles. The zero-order valence-electron chi connectivity index (χ0n) is 18.0. The van der Waals surface area contributed by atoms with E-state index in [0.717, 1.165) is 4.90 Å². The van der Waals surface area contributed by atoms with Crippen molar-refractivity contribution in [3.8, 4) is 5.75 Å². The van der Waals surface area contributed by atoms with Crippen LogP contribution in [0.4, 0.5) is 17.1 Å². The number of benzene rings is 3. The fourth-order valence-electron chi connectivity index (χ4n) is 3.32. The lowest BCUT2D eigenvalue weighted by atomic mass is 10.2. The SMILES string of the molecule is CCOc1ccc(N2C(=O)C(Cl)=C(Nc3ccc(C(=O)Nc4cccc(Cl)c4)cc3)C2=O)cc1. The Hall–Kier alpha value is -3.81. The predicted octanol–water partition coefficient (Wildman–Crippen LogP) is 5.43. The van der Waals surface area contributed by atoms with Gasteiger partial charge in [0, 0.05) is 22.0 Å². The number of nitrogens with zero attached hydrogens (tertiary/aromatic N) is 1. The van der Waals surface area contributed by atoms with Crippen molar-refractivity contribution < 1.29 is 19.1 Å². The third-order valence-electron chi connectivity index (χ3n) is 4.93. The highest BCUT2D eigenvalue weighted by molar-refractivity contribution is 6.53. The third-order valence-corrected chi connectivity index (χ3v) is 5.52. The minimum atomic E-state index is -0.629. The Morgan fingerprint density at radius 3 is 2.26 bits per heavy atom. The highest BCUT2D eigenvalue weighted by atomic mass is 35.5. The number of ether oxygens (including phenoxy) is 1. The number of hydrogen-bond donors (Lipinski definition) is 2. The summed E-state index contributed by atoms with van der Waals surface area (Å²) in [6, 6.07) is 19.8. The monoisotopic (exact) mass is 495 g/mol. The van der Waals surface area contributed by atoms with Crippen molar-refractivity contribution in [2.45, 2.75) is 6.92 Å². The number of halogens is 2. The van der Waals surface area contributed by atoms with Gasteiger partial charge in [0.1, 0.15) is 16.5 Å². The molecule has 0 fully saturated rings. The number of carbonyl (C=O) groups excluding carboxylic acids is 3. The largest absolute Gasteiger partial charge is 0.494 e. The van der Waals surface area contributed by atoms with Crippen LogP contribution in [0.1, 0.15) is 17.3 Å². The van der Waals surface area contributed by atoms with Crippen LogP contribution in [-0.4, -0.2) is 24.3 Å². The van der Waals surface area contributed by atoms with Crippen molar-refractivity contribution in [2.24, 2.45) is 0 Å².